The van der Waals surface area contributed by atoms with Crippen LogP contribution in [0.4, 0.5) is 0 Å². The van der Waals surface area contributed by atoms with E-state index in [1.165, 1.54) is 27.3 Å². The molecule has 24 aromatic rings. The zero-order valence-electron chi connectivity index (χ0n) is 70.2. The van der Waals surface area contributed by atoms with Gasteiger partial charge in [-0.3, -0.25) is 15.0 Å². The number of pyridine rings is 3. The third-order valence-electron chi connectivity index (χ3n) is 23.7. The minimum Gasteiger partial charge on any atom is -0.256 e. The van der Waals surface area contributed by atoms with Crippen molar-refractivity contribution >= 4 is 75.8 Å². The Labute approximate surface area is 750 Å². The van der Waals surface area contributed by atoms with Crippen molar-refractivity contribution in [2.24, 2.45) is 0 Å². The maximum atomic E-state index is 5.13. The van der Waals surface area contributed by atoms with Gasteiger partial charge in [0.05, 0.1) is 16.6 Å². The molecule has 0 aliphatic carbocycles. The van der Waals surface area contributed by atoms with Gasteiger partial charge >= 0.3 is 0 Å². The monoisotopic (exact) mass is 1660 g/mol. The first kappa shape index (κ1) is 78.3. The first-order valence-corrected chi connectivity index (χ1v) is 43.3. The fourth-order valence-electron chi connectivity index (χ4n) is 17.1. The molecule has 0 aliphatic rings. The van der Waals surface area contributed by atoms with Crippen LogP contribution in [-0.4, -0.2) is 59.8 Å². The zero-order valence-corrected chi connectivity index (χ0v) is 70.2. The number of aromatic nitrogens is 12. The van der Waals surface area contributed by atoms with Gasteiger partial charge in [-0.2, -0.15) is 0 Å². The summed E-state index contributed by atoms with van der Waals surface area (Å²) in [6.45, 7) is 0. The second-order valence-corrected chi connectivity index (χ2v) is 31.8. The van der Waals surface area contributed by atoms with Crippen LogP contribution in [0.25, 0.3) is 234 Å². The molecular weight excluding hydrogens is 1590 g/mol. The van der Waals surface area contributed by atoms with Crippen molar-refractivity contribution in [1.29, 1.82) is 0 Å². The summed E-state index contributed by atoms with van der Waals surface area (Å²) in [5.41, 5.74) is 22.9. The molecule has 6 heterocycles. The lowest BCUT2D eigenvalue weighted by Crippen LogP contribution is -2.00. The first-order chi connectivity index (χ1) is 64.4. The Kier molecular flexibility index (Phi) is 21.1. The van der Waals surface area contributed by atoms with E-state index in [-0.39, 0.29) is 0 Å². The van der Waals surface area contributed by atoms with Crippen molar-refractivity contribution in [1.82, 2.24) is 59.8 Å². The molecule has 0 amide bonds. The highest BCUT2D eigenvalue weighted by Crippen LogP contribution is 2.42. The average Bonchev–Trinajstić information content (AvgIpc) is 0.752. The van der Waals surface area contributed by atoms with Crippen molar-refractivity contribution < 1.29 is 0 Å². The lowest BCUT2D eigenvalue weighted by Gasteiger charge is -2.14. The van der Waals surface area contributed by atoms with Crippen LogP contribution in [0.3, 0.4) is 0 Å². The van der Waals surface area contributed by atoms with Gasteiger partial charge in [0.25, 0.3) is 0 Å². The normalized spacial score (nSPS) is 11.2. The third-order valence-corrected chi connectivity index (χ3v) is 23.7. The predicted molar refractivity (Wildman–Crippen MR) is 532 cm³/mol. The van der Waals surface area contributed by atoms with E-state index in [2.05, 4.69) is 267 Å². The van der Waals surface area contributed by atoms with Crippen molar-refractivity contribution in [3.05, 3.63) is 461 Å². The number of benzene rings is 18. The van der Waals surface area contributed by atoms with Gasteiger partial charge in [-0.15, -0.1) is 0 Å². The molecule has 0 atom stereocenters. The van der Waals surface area contributed by atoms with E-state index >= 15 is 0 Å². The van der Waals surface area contributed by atoms with Crippen LogP contribution in [0.1, 0.15) is 0 Å². The molecule has 12 nitrogen and oxygen atoms in total. The Hall–Kier alpha value is -17.7. The maximum Gasteiger partial charge on any atom is 0.164 e. The molecule has 0 aliphatic heterocycles. The maximum absolute atomic E-state index is 5.13. The van der Waals surface area contributed by atoms with Crippen molar-refractivity contribution in [2.45, 2.75) is 0 Å². The Morgan fingerprint density at radius 2 is 0.408 bits per heavy atom. The Balaban J connectivity index is 0.000000117. The first-order valence-electron chi connectivity index (χ1n) is 43.3. The summed E-state index contributed by atoms with van der Waals surface area (Å²) < 4.78 is 0. The number of fused-ring (bicyclic) bond motifs is 10. The van der Waals surface area contributed by atoms with Crippen LogP contribution in [-0.2, 0) is 0 Å². The number of nitrogens with zero attached hydrogens (tertiary/aromatic N) is 12. The van der Waals surface area contributed by atoms with Crippen molar-refractivity contribution in [3.63, 3.8) is 0 Å². The van der Waals surface area contributed by atoms with Gasteiger partial charge in [-0.1, -0.05) is 406 Å². The molecular formula is C118H76N12. The lowest BCUT2D eigenvalue weighted by molar-refractivity contribution is 1.07. The van der Waals surface area contributed by atoms with E-state index in [1.54, 1.807) is 0 Å². The van der Waals surface area contributed by atoms with Crippen molar-refractivity contribution in [3.8, 4) is 158 Å². The molecule has 18 aromatic carbocycles. The van der Waals surface area contributed by atoms with Crippen LogP contribution in [0.2, 0.25) is 0 Å². The summed E-state index contributed by atoms with van der Waals surface area (Å²) in [6.07, 6.45) is 5.76. The van der Waals surface area contributed by atoms with Gasteiger partial charge in [0.2, 0.25) is 0 Å². The molecule has 0 saturated carbocycles. The highest BCUT2D eigenvalue weighted by molar-refractivity contribution is 6.12. The quantitative estimate of drug-likeness (QED) is 0.0952. The molecule has 130 heavy (non-hydrogen) atoms. The van der Waals surface area contributed by atoms with Gasteiger partial charge in [0.15, 0.2) is 52.4 Å². The molecule has 6 aromatic heterocycles. The van der Waals surface area contributed by atoms with Crippen LogP contribution in [0.5, 0.6) is 0 Å². The van der Waals surface area contributed by atoms with Crippen LogP contribution < -0.4 is 0 Å². The molecule has 0 N–H and O–H groups in total. The summed E-state index contributed by atoms with van der Waals surface area (Å²) in [7, 11) is 0. The van der Waals surface area contributed by atoms with Gasteiger partial charge in [-0.25, -0.2) is 44.9 Å². The summed E-state index contributed by atoms with van der Waals surface area (Å²) in [5.74, 6) is 5.83. The molecule has 0 bridgehead atoms. The van der Waals surface area contributed by atoms with Crippen LogP contribution >= 0.6 is 0 Å². The topological polar surface area (TPSA) is 155 Å². The summed E-state index contributed by atoms with van der Waals surface area (Å²) in [4.78, 5) is 58.4. The molecule has 24 rings (SSSR count). The predicted octanol–water partition coefficient (Wildman–Crippen LogP) is 29.2. The Morgan fingerprint density at radius 1 is 0.131 bits per heavy atom. The molecule has 0 unspecified atom stereocenters. The molecule has 0 fully saturated rings. The van der Waals surface area contributed by atoms with E-state index in [9.17, 15) is 0 Å². The van der Waals surface area contributed by atoms with Gasteiger partial charge in [-0.05, 0) is 119 Å². The van der Waals surface area contributed by atoms with E-state index in [0.29, 0.717) is 52.4 Å². The fraction of sp³-hybridized carbons (Fsp3) is 0. The second kappa shape index (κ2) is 35.1. The highest BCUT2D eigenvalue weighted by Gasteiger charge is 2.21. The molecule has 0 radical (unpaired) electrons. The SMILES string of the molecule is c1ccc(-c2ccc(-c3nc(-c4ccccc4)nc(-c4ccc(-c5cccc(-c6cccc7c6ccc6cccnc67)c5)c5ccccc45)n3)cc2)cc1.c1ccc(-c2nc(-c3ccccc3)nc(-c3ccc(-c4ccc5c(c4)ncc4ccccc45)cc3)n2)cc1.c1ccc(-c2nc(-c3ccccc3)nc(-c3cccc(-c4ccc5c(c4)ncc4ccccc45)c3)n2)cc1. The molecule has 12 heteroatoms. The standard InChI is InChI=1S/C50H32N4.2C34H22N4/c1-3-12-33(13-4-1)34-23-25-37(26-24-34)49-52-48(36-14-5-2-6-15-36)53-50(54-49)46-30-29-41(42-19-7-8-20-43(42)46)39-17-9-16-38(32-39)40-21-10-22-45-44(40)28-27-35-18-11-31-51-47(35)45;1-3-10-23(11-4-1)32-36-33(24-12-5-2-6-13-24)38-34(37-32)27-16-9-15-25(20-27)26-18-19-30-29-17-8-7-14-28(29)22-35-31(30)21-26;1-3-9-24(10-4-1)32-36-33(25-11-5-2-6-12-25)38-34(37-32)26-17-15-23(16-18-26)27-19-20-30-29-14-8-7-13-28(29)22-35-31(30)21-27/h1-32H;2*1-22H. The Bertz CT molecular complexity index is 8210. The van der Waals surface area contributed by atoms with Gasteiger partial charge < -0.3 is 0 Å². The van der Waals surface area contributed by atoms with Crippen LogP contribution in [0, 0.1) is 0 Å². The molecule has 0 saturated heterocycles. The number of hydrogen-bond donors (Lipinski definition) is 0. The smallest absolute Gasteiger partial charge is 0.164 e. The number of rotatable bonds is 14. The van der Waals surface area contributed by atoms with E-state index in [1.807, 2.05) is 195 Å². The molecule has 608 valence electrons. The Morgan fingerprint density at radius 3 is 0.877 bits per heavy atom. The third kappa shape index (κ3) is 16.1. The van der Waals surface area contributed by atoms with Gasteiger partial charge in [0.1, 0.15) is 0 Å². The lowest BCUT2D eigenvalue weighted by atomic mass is 9.91. The van der Waals surface area contributed by atoms with Gasteiger partial charge in [0, 0.05) is 101 Å². The summed E-state index contributed by atoms with van der Waals surface area (Å²) in [6, 6.07) is 152. The van der Waals surface area contributed by atoms with E-state index < -0.39 is 0 Å². The van der Waals surface area contributed by atoms with E-state index in [4.69, 9.17) is 59.8 Å². The van der Waals surface area contributed by atoms with Crippen LogP contribution in [0.15, 0.2) is 461 Å². The average molecular weight is 1660 g/mol. The summed E-state index contributed by atoms with van der Waals surface area (Å²) >= 11 is 0. The second-order valence-electron chi connectivity index (χ2n) is 31.8. The van der Waals surface area contributed by atoms with E-state index in [0.717, 1.165) is 154 Å². The summed E-state index contributed by atoms with van der Waals surface area (Å²) in [5, 5.41) is 12.8. The highest BCUT2D eigenvalue weighted by atomic mass is 15.1. The van der Waals surface area contributed by atoms with Crippen molar-refractivity contribution in [2.75, 3.05) is 0 Å². The largest absolute Gasteiger partial charge is 0.256 e. The fourth-order valence-corrected chi connectivity index (χ4v) is 17.1. The zero-order chi connectivity index (χ0) is 86.5. The number of hydrogen-bond acceptors (Lipinski definition) is 12. The minimum absolute atomic E-state index is 0.636. The minimum atomic E-state index is 0.636. The molecule has 0 spiro atoms.